The maximum absolute atomic E-state index is 13.1. The molecule has 0 bridgehead atoms. The average Bonchev–Trinajstić information content (AvgIpc) is 3.02. The summed E-state index contributed by atoms with van der Waals surface area (Å²) < 4.78 is 3.09. The lowest BCUT2D eigenvalue weighted by Gasteiger charge is -2.23. The van der Waals surface area contributed by atoms with Gasteiger partial charge >= 0.3 is 0 Å². The van der Waals surface area contributed by atoms with Gasteiger partial charge in [0, 0.05) is 28.8 Å². The lowest BCUT2D eigenvalue weighted by molar-refractivity contribution is 0.0981. The third kappa shape index (κ3) is 2.26. The van der Waals surface area contributed by atoms with Crippen LogP contribution in [0.1, 0.15) is 28.7 Å². The van der Waals surface area contributed by atoms with Gasteiger partial charge in [-0.05, 0) is 62.2 Å². The summed E-state index contributed by atoms with van der Waals surface area (Å²) in [6, 6.07) is 12.0. The van der Waals surface area contributed by atoms with Gasteiger partial charge in [-0.2, -0.15) is 0 Å². The molecule has 4 rings (SSSR count). The largest absolute Gasteiger partial charge is 0.331 e. The molecule has 0 saturated heterocycles. The second-order valence-electron chi connectivity index (χ2n) is 6.42. The number of rotatable bonds is 1. The molecule has 122 valence electrons. The van der Waals surface area contributed by atoms with Crippen LogP contribution in [0.2, 0.25) is 0 Å². The molecule has 0 fully saturated rings. The molecule has 0 radical (unpaired) electrons. The van der Waals surface area contributed by atoms with Crippen molar-refractivity contribution in [3.8, 4) is 0 Å². The summed E-state index contributed by atoms with van der Waals surface area (Å²) in [4.78, 5) is 19.6. The van der Waals surface area contributed by atoms with Gasteiger partial charge in [0.15, 0.2) is 0 Å². The van der Waals surface area contributed by atoms with E-state index in [1.54, 1.807) is 0 Å². The Bertz CT molecular complexity index is 976. The molecule has 24 heavy (non-hydrogen) atoms. The summed E-state index contributed by atoms with van der Waals surface area (Å²) in [6.07, 6.45) is 0.880. The van der Waals surface area contributed by atoms with Crippen LogP contribution in [0.4, 0.5) is 5.69 Å². The molecule has 4 nitrogen and oxygen atoms in total. The third-order valence-electron chi connectivity index (χ3n) is 4.83. The maximum Gasteiger partial charge on any atom is 0.258 e. The SMILES string of the molecule is Cc1nc2cc(C(=O)N3c4ccc(Br)cc4C[C@@H]3C)ccc2n1C. The normalized spacial score (nSPS) is 16.7. The number of aryl methyl sites for hydroxylation is 2. The molecule has 0 spiro atoms. The number of hydrogen-bond acceptors (Lipinski definition) is 2. The van der Waals surface area contributed by atoms with E-state index in [0.717, 1.165) is 33.4 Å². The molecule has 2 heterocycles. The first-order chi connectivity index (χ1) is 11.5. The highest BCUT2D eigenvalue weighted by molar-refractivity contribution is 9.10. The quantitative estimate of drug-likeness (QED) is 0.630. The highest BCUT2D eigenvalue weighted by Gasteiger charge is 2.31. The highest BCUT2D eigenvalue weighted by Crippen LogP contribution is 2.35. The van der Waals surface area contributed by atoms with Crippen LogP contribution in [0.25, 0.3) is 11.0 Å². The molecule has 0 saturated carbocycles. The highest BCUT2D eigenvalue weighted by atomic mass is 79.9. The van der Waals surface area contributed by atoms with Crippen molar-refractivity contribution >= 4 is 38.6 Å². The van der Waals surface area contributed by atoms with Crippen molar-refractivity contribution in [2.75, 3.05) is 4.90 Å². The number of hydrogen-bond donors (Lipinski definition) is 0. The number of halogens is 1. The molecule has 0 N–H and O–H groups in total. The van der Waals surface area contributed by atoms with Crippen molar-refractivity contribution in [3.05, 3.63) is 57.8 Å². The van der Waals surface area contributed by atoms with Gasteiger partial charge < -0.3 is 9.47 Å². The molecule has 2 aromatic carbocycles. The van der Waals surface area contributed by atoms with Crippen LogP contribution in [0.15, 0.2) is 40.9 Å². The standard InChI is InChI=1S/C19H18BrN3O/c1-11-8-14-9-15(20)5-7-17(14)23(11)19(24)13-4-6-18-16(10-13)21-12(2)22(18)3/h4-7,9-11H,8H2,1-3H3/t11-/m0/s1. The summed E-state index contributed by atoms with van der Waals surface area (Å²) in [6.45, 7) is 4.06. The van der Waals surface area contributed by atoms with Gasteiger partial charge in [0.1, 0.15) is 5.82 Å². The van der Waals surface area contributed by atoms with E-state index < -0.39 is 0 Å². The Balaban J connectivity index is 1.76. The Morgan fingerprint density at radius 1 is 1.25 bits per heavy atom. The lowest BCUT2D eigenvalue weighted by atomic mass is 10.1. The van der Waals surface area contributed by atoms with Gasteiger partial charge in [0.05, 0.1) is 11.0 Å². The number of imidazole rings is 1. The van der Waals surface area contributed by atoms with Crippen molar-refractivity contribution in [1.29, 1.82) is 0 Å². The number of carbonyl (C=O) groups is 1. The first-order valence-electron chi connectivity index (χ1n) is 8.01. The van der Waals surface area contributed by atoms with E-state index in [1.165, 1.54) is 5.56 Å². The Kier molecular flexibility index (Phi) is 3.49. The minimum atomic E-state index is 0.0359. The van der Waals surface area contributed by atoms with E-state index in [9.17, 15) is 4.79 Å². The number of nitrogens with zero attached hydrogens (tertiary/aromatic N) is 3. The molecule has 1 amide bonds. The van der Waals surface area contributed by atoms with Gasteiger partial charge in [-0.1, -0.05) is 15.9 Å². The van der Waals surface area contributed by atoms with Crippen LogP contribution in [0, 0.1) is 6.92 Å². The van der Waals surface area contributed by atoms with Crippen molar-refractivity contribution < 1.29 is 4.79 Å². The molecule has 5 heteroatoms. The lowest BCUT2D eigenvalue weighted by Crippen LogP contribution is -2.35. The smallest absolute Gasteiger partial charge is 0.258 e. The first-order valence-corrected chi connectivity index (χ1v) is 8.80. The minimum Gasteiger partial charge on any atom is -0.331 e. The van der Waals surface area contributed by atoms with Gasteiger partial charge in [-0.3, -0.25) is 4.79 Å². The van der Waals surface area contributed by atoms with E-state index in [2.05, 4.69) is 33.9 Å². The van der Waals surface area contributed by atoms with Crippen molar-refractivity contribution in [2.45, 2.75) is 26.3 Å². The Labute approximate surface area is 149 Å². The van der Waals surface area contributed by atoms with Crippen LogP contribution in [0.3, 0.4) is 0 Å². The number of amides is 1. The van der Waals surface area contributed by atoms with E-state index in [0.29, 0.717) is 5.56 Å². The van der Waals surface area contributed by atoms with Gasteiger partial charge in [-0.15, -0.1) is 0 Å². The van der Waals surface area contributed by atoms with Crippen LogP contribution < -0.4 is 4.90 Å². The molecule has 0 unspecified atom stereocenters. The molecule has 1 atom stereocenters. The van der Waals surface area contributed by atoms with E-state index in [4.69, 9.17) is 0 Å². The molecular formula is C19H18BrN3O. The van der Waals surface area contributed by atoms with E-state index >= 15 is 0 Å². The molecule has 1 aliphatic heterocycles. The number of aromatic nitrogens is 2. The predicted octanol–water partition coefficient (Wildman–Crippen LogP) is 4.24. The summed E-state index contributed by atoms with van der Waals surface area (Å²) in [5.74, 6) is 0.980. The van der Waals surface area contributed by atoms with E-state index in [1.807, 2.05) is 53.8 Å². The maximum atomic E-state index is 13.1. The fourth-order valence-electron chi connectivity index (χ4n) is 3.50. The molecule has 1 aromatic heterocycles. The zero-order valence-corrected chi connectivity index (χ0v) is 15.5. The third-order valence-corrected chi connectivity index (χ3v) is 5.32. The molecule has 0 aliphatic carbocycles. The average molecular weight is 384 g/mol. The number of benzene rings is 2. The minimum absolute atomic E-state index is 0.0359. The van der Waals surface area contributed by atoms with Crippen LogP contribution in [0.5, 0.6) is 0 Å². The van der Waals surface area contributed by atoms with Crippen molar-refractivity contribution in [2.24, 2.45) is 7.05 Å². The van der Waals surface area contributed by atoms with Gasteiger partial charge in [0.2, 0.25) is 0 Å². The summed E-state index contributed by atoms with van der Waals surface area (Å²) in [7, 11) is 1.99. The zero-order chi connectivity index (χ0) is 17.0. The Hall–Kier alpha value is -2.14. The second kappa shape index (κ2) is 5.45. The monoisotopic (exact) mass is 383 g/mol. The first kappa shape index (κ1) is 15.4. The van der Waals surface area contributed by atoms with Gasteiger partial charge in [-0.25, -0.2) is 4.98 Å². The van der Waals surface area contributed by atoms with Crippen molar-refractivity contribution in [3.63, 3.8) is 0 Å². The van der Waals surface area contributed by atoms with E-state index in [-0.39, 0.29) is 11.9 Å². The van der Waals surface area contributed by atoms with Crippen LogP contribution >= 0.6 is 15.9 Å². The fraction of sp³-hybridized carbons (Fsp3) is 0.263. The molecule has 1 aliphatic rings. The fourth-order valence-corrected chi connectivity index (χ4v) is 3.91. The zero-order valence-electron chi connectivity index (χ0n) is 13.9. The van der Waals surface area contributed by atoms with Gasteiger partial charge in [0.25, 0.3) is 5.91 Å². The predicted molar refractivity (Wildman–Crippen MR) is 99.6 cm³/mol. The van der Waals surface area contributed by atoms with Crippen LogP contribution in [-0.4, -0.2) is 21.5 Å². The summed E-state index contributed by atoms with van der Waals surface area (Å²) in [5.41, 5.74) is 4.81. The van der Waals surface area contributed by atoms with Crippen LogP contribution in [-0.2, 0) is 13.5 Å². The molecular weight excluding hydrogens is 366 g/mol. The summed E-state index contributed by atoms with van der Waals surface area (Å²) >= 11 is 3.51. The second-order valence-corrected chi connectivity index (χ2v) is 7.34. The molecule has 3 aromatic rings. The number of fused-ring (bicyclic) bond motifs is 2. The number of carbonyl (C=O) groups excluding carboxylic acids is 1. The van der Waals surface area contributed by atoms with Crippen molar-refractivity contribution in [1.82, 2.24) is 9.55 Å². The Morgan fingerprint density at radius 2 is 2.04 bits per heavy atom. The Morgan fingerprint density at radius 3 is 2.83 bits per heavy atom. The number of anilines is 1. The summed E-state index contributed by atoms with van der Waals surface area (Å²) in [5, 5.41) is 0. The topological polar surface area (TPSA) is 38.1 Å².